The van der Waals surface area contributed by atoms with Crippen LogP contribution in [0.1, 0.15) is 28.8 Å². The van der Waals surface area contributed by atoms with Gasteiger partial charge in [0.1, 0.15) is 0 Å². The van der Waals surface area contributed by atoms with Gasteiger partial charge in [0.15, 0.2) is 5.78 Å². The highest BCUT2D eigenvalue weighted by Gasteiger charge is 2.27. The molecule has 114 valence electrons. The minimum Gasteiger partial charge on any atom is -0.342 e. The van der Waals surface area contributed by atoms with Crippen molar-refractivity contribution in [2.24, 2.45) is 5.92 Å². The zero-order chi connectivity index (χ0) is 15.4. The summed E-state index contributed by atoms with van der Waals surface area (Å²) < 4.78 is 0. The molecule has 0 spiro atoms. The van der Waals surface area contributed by atoms with Gasteiger partial charge in [-0.15, -0.1) is 0 Å². The Morgan fingerprint density at radius 1 is 1.27 bits per heavy atom. The third-order valence-corrected chi connectivity index (χ3v) is 4.83. The zero-order valence-electron chi connectivity index (χ0n) is 12.3. The smallest absolute Gasteiger partial charge is 0.227 e. The highest BCUT2D eigenvalue weighted by molar-refractivity contribution is 7.08. The van der Waals surface area contributed by atoms with Crippen LogP contribution in [0.15, 0.2) is 41.4 Å². The number of amides is 1. The maximum Gasteiger partial charge on any atom is 0.227 e. The van der Waals surface area contributed by atoms with Crippen molar-refractivity contribution < 1.29 is 9.59 Å². The number of carbonyl (C=O) groups is 2. The molecule has 0 unspecified atom stereocenters. The molecule has 22 heavy (non-hydrogen) atoms. The molecule has 0 aromatic carbocycles. The summed E-state index contributed by atoms with van der Waals surface area (Å²) in [5, 5.41) is 4.00. The van der Waals surface area contributed by atoms with Gasteiger partial charge in [-0.05, 0) is 47.4 Å². The number of ketones is 1. The van der Waals surface area contributed by atoms with E-state index in [2.05, 4.69) is 4.98 Å². The number of thiophene rings is 1. The second kappa shape index (κ2) is 6.83. The summed E-state index contributed by atoms with van der Waals surface area (Å²) in [6, 6.07) is 5.58. The van der Waals surface area contributed by atoms with Gasteiger partial charge in [-0.2, -0.15) is 11.3 Å². The molecule has 3 heterocycles. The minimum atomic E-state index is 0.00870. The number of rotatable bonds is 4. The summed E-state index contributed by atoms with van der Waals surface area (Å²) in [6.07, 6.45) is 5.23. The maximum absolute atomic E-state index is 12.4. The van der Waals surface area contributed by atoms with Crippen molar-refractivity contribution in [3.8, 4) is 0 Å². The summed E-state index contributed by atoms with van der Waals surface area (Å²) in [6.45, 7) is 1.33. The van der Waals surface area contributed by atoms with Crippen LogP contribution in [0.4, 0.5) is 0 Å². The van der Waals surface area contributed by atoms with Crippen LogP contribution in [0.25, 0.3) is 0 Å². The molecule has 0 atom stereocenters. The van der Waals surface area contributed by atoms with Gasteiger partial charge in [-0.25, -0.2) is 0 Å². The van der Waals surface area contributed by atoms with Crippen LogP contribution in [-0.2, 0) is 11.2 Å². The molecule has 2 aromatic heterocycles. The van der Waals surface area contributed by atoms with Crippen LogP contribution < -0.4 is 0 Å². The topological polar surface area (TPSA) is 50.3 Å². The third kappa shape index (κ3) is 3.42. The van der Waals surface area contributed by atoms with Crippen LogP contribution in [0.5, 0.6) is 0 Å². The number of hydrogen-bond acceptors (Lipinski definition) is 4. The highest BCUT2D eigenvalue weighted by Crippen LogP contribution is 2.22. The summed E-state index contributed by atoms with van der Waals surface area (Å²) in [5.41, 5.74) is 1.74. The van der Waals surface area contributed by atoms with E-state index in [4.69, 9.17) is 0 Å². The number of likely N-dealkylation sites (tertiary alicyclic amines) is 1. The fraction of sp³-hybridized carbons (Fsp3) is 0.353. The van der Waals surface area contributed by atoms with E-state index in [9.17, 15) is 9.59 Å². The van der Waals surface area contributed by atoms with Crippen molar-refractivity contribution in [1.29, 1.82) is 0 Å². The molecule has 1 fully saturated rings. The molecule has 0 bridgehead atoms. The molecule has 1 amide bonds. The van der Waals surface area contributed by atoms with Crippen LogP contribution in [-0.4, -0.2) is 34.7 Å². The summed E-state index contributed by atoms with van der Waals surface area (Å²) in [5.74, 6) is 0.318. The van der Waals surface area contributed by atoms with Gasteiger partial charge in [0.05, 0.1) is 6.42 Å². The molecule has 3 rings (SSSR count). The molecule has 1 saturated heterocycles. The molecule has 1 aliphatic heterocycles. The summed E-state index contributed by atoms with van der Waals surface area (Å²) >= 11 is 1.61. The molecule has 2 aromatic rings. The average molecular weight is 314 g/mol. The molecule has 0 radical (unpaired) electrons. The van der Waals surface area contributed by atoms with Gasteiger partial charge in [0.25, 0.3) is 0 Å². The fourth-order valence-corrected chi connectivity index (χ4v) is 3.48. The van der Waals surface area contributed by atoms with Crippen LogP contribution in [0.2, 0.25) is 0 Å². The van der Waals surface area contributed by atoms with Crippen molar-refractivity contribution >= 4 is 23.0 Å². The van der Waals surface area contributed by atoms with E-state index in [1.807, 2.05) is 27.8 Å². The van der Waals surface area contributed by atoms with Crippen LogP contribution in [0, 0.1) is 5.92 Å². The van der Waals surface area contributed by atoms with Crippen molar-refractivity contribution in [3.63, 3.8) is 0 Å². The van der Waals surface area contributed by atoms with Crippen LogP contribution >= 0.6 is 11.3 Å². The van der Waals surface area contributed by atoms with E-state index in [0.29, 0.717) is 25.1 Å². The minimum absolute atomic E-state index is 0.00870. The lowest BCUT2D eigenvalue weighted by atomic mass is 9.89. The lowest BCUT2D eigenvalue weighted by Crippen LogP contribution is -2.41. The van der Waals surface area contributed by atoms with Crippen molar-refractivity contribution in [1.82, 2.24) is 9.88 Å². The first-order valence-corrected chi connectivity index (χ1v) is 8.41. The predicted molar refractivity (Wildman–Crippen MR) is 85.9 cm³/mol. The van der Waals surface area contributed by atoms with Gasteiger partial charge < -0.3 is 4.90 Å². The molecule has 4 nitrogen and oxygen atoms in total. The molecular weight excluding hydrogens is 296 g/mol. The monoisotopic (exact) mass is 314 g/mol. The second-order valence-corrected chi connectivity index (χ2v) is 6.35. The Balaban J connectivity index is 1.54. The standard InChI is InChI=1S/C17H18N2O2S/c20-16(10-13-5-9-22-12-13)19-7-3-14(4-8-19)17(21)15-2-1-6-18-11-15/h1-2,5-6,9,11-12,14H,3-4,7-8,10H2. The van der Waals surface area contributed by atoms with Gasteiger partial charge >= 0.3 is 0 Å². The lowest BCUT2D eigenvalue weighted by Gasteiger charge is -2.31. The molecule has 0 saturated carbocycles. The predicted octanol–water partition coefficient (Wildman–Crippen LogP) is 2.81. The largest absolute Gasteiger partial charge is 0.342 e. The highest BCUT2D eigenvalue weighted by atomic mass is 32.1. The fourth-order valence-electron chi connectivity index (χ4n) is 2.81. The first kappa shape index (κ1) is 14.9. The van der Waals surface area contributed by atoms with Gasteiger partial charge in [0, 0.05) is 37.0 Å². The van der Waals surface area contributed by atoms with E-state index in [-0.39, 0.29) is 17.6 Å². The summed E-state index contributed by atoms with van der Waals surface area (Å²) in [4.78, 5) is 30.5. The second-order valence-electron chi connectivity index (χ2n) is 5.57. The SMILES string of the molecule is O=C(c1cccnc1)C1CCN(C(=O)Cc2ccsc2)CC1. The Labute approximate surface area is 133 Å². The van der Waals surface area contributed by atoms with Gasteiger partial charge in [-0.1, -0.05) is 0 Å². The van der Waals surface area contributed by atoms with Crippen molar-refractivity contribution in [2.75, 3.05) is 13.1 Å². The lowest BCUT2D eigenvalue weighted by molar-refractivity contribution is -0.131. The Kier molecular flexibility index (Phi) is 4.63. The number of piperidine rings is 1. The van der Waals surface area contributed by atoms with E-state index >= 15 is 0 Å². The molecule has 0 N–H and O–H groups in total. The number of aromatic nitrogens is 1. The quantitative estimate of drug-likeness (QED) is 0.815. The number of Topliss-reactive ketones (excluding diaryl/α,β-unsaturated/α-hetero) is 1. The Bertz CT molecular complexity index is 632. The first-order valence-electron chi connectivity index (χ1n) is 7.47. The molecule has 0 aliphatic carbocycles. The number of nitrogens with zero attached hydrogens (tertiary/aromatic N) is 2. The van der Waals surface area contributed by atoms with E-state index < -0.39 is 0 Å². The van der Waals surface area contributed by atoms with E-state index in [1.165, 1.54) is 0 Å². The summed E-state index contributed by atoms with van der Waals surface area (Å²) in [7, 11) is 0. The average Bonchev–Trinajstić information content (AvgIpc) is 3.08. The van der Waals surface area contributed by atoms with E-state index in [0.717, 1.165) is 18.4 Å². The van der Waals surface area contributed by atoms with Crippen molar-refractivity contribution in [2.45, 2.75) is 19.3 Å². The zero-order valence-corrected chi connectivity index (χ0v) is 13.1. The Morgan fingerprint density at radius 3 is 2.73 bits per heavy atom. The molecular formula is C17H18N2O2S. The molecule has 5 heteroatoms. The van der Waals surface area contributed by atoms with Crippen molar-refractivity contribution in [3.05, 3.63) is 52.5 Å². The third-order valence-electron chi connectivity index (χ3n) is 4.10. The maximum atomic E-state index is 12.4. The Morgan fingerprint density at radius 2 is 2.09 bits per heavy atom. The number of carbonyl (C=O) groups excluding carboxylic acids is 2. The first-order chi connectivity index (χ1) is 10.7. The van der Waals surface area contributed by atoms with Gasteiger partial charge in [-0.3, -0.25) is 14.6 Å². The van der Waals surface area contributed by atoms with Crippen LogP contribution in [0.3, 0.4) is 0 Å². The number of pyridine rings is 1. The number of hydrogen-bond donors (Lipinski definition) is 0. The van der Waals surface area contributed by atoms with Gasteiger partial charge in [0.2, 0.25) is 5.91 Å². The van der Waals surface area contributed by atoms with E-state index in [1.54, 1.807) is 29.8 Å². The normalized spacial score (nSPS) is 15.7. The molecule has 1 aliphatic rings. The Hall–Kier alpha value is -2.01.